The van der Waals surface area contributed by atoms with E-state index in [1.807, 2.05) is 13.8 Å². The second-order valence-electron chi connectivity index (χ2n) is 4.05. The zero-order valence-corrected chi connectivity index (χ0v) is 12.2. The molecule has 0 aromatic heterocycles. The summed E-state index contributed by atoms with van der Waals surface area (Å²) in [6, 6.07) is 0.468. The highest BCUT2D eigenvalue weighted by Crippen LogP contribution is 2.18. The molecule has 2 heteroatoms. The van der Waals surface area contributed by atoms with Crippen molar-refractivity contribution in [2.45, 2.75) is 60.4 Å². The van der Waals surface area contributed by atoms with Crippen molar-refractivity contribution in [3.63, 3.8) is 0 Å². The Kier molecular flexibility index (Phi) is 12.5. The molecule has 0 bridgehead atoms. The number of hydrogen-bond donors (Lipinski definition) is 0. The molecule has 0 aromatic rings. The smallest absolute Gasteiger partial charge is 0.0929 e. The standard InChI is InChI=1S/C12H24FN.C2H6/c1-6-10(3)12(14(5)7-2)9-8-11(4)13;1-2/h8,10,12H,6-7,9H2,1-5H3;1-2H3/b11-8-;. The SMILES string of the molecule is CC.CCC(C)C(C/C=C(/C)F)N(C)CC. The molecule has 0 amide bonds. The number of hydrogen-bond acceptors (Lipinski definition) is 1. The normalized spacial score (nSPS) is 15.4. The van der Waals surface area contributed by atoms with Gasteiger partial charge in [-0.1, -0.05) is 47.1 Å². The summed E-state index contributed by atoms with van der Waals surface area (Å²) in [6.45, 7) is 13.1. The lowest BCUT2D eigenvalue weighted by molar-refractivity contribution is 0.189. The summed E-state index contributed by atoms with van der Waals surface area (Å²) in [4.78, 5) is 2.30. The van der Waals surface area contributed by atoms with Crippen LogP contribution in [0, 0.1) is 5.92 Å². The minimum absolute atomic E-state index is 0.0668. The summed E-state index contributed by atoms with van der Waals surface area (Å²) < 4.78 is 12.6. The molecular weight excluding hydrogens is 201 g/mol. The minimum Gasteiger partial charge on any atom is -0.303 e. The van der Waals surface area contributed by atoms with Gasteiger partial charge in [0.25, 0.3) is 0 Å². The Hall–Kier alpha value is -0.370. The van der Waals surface area contributed by atoms with Crippen molar-refractivity contribution in [2.24, 2.45) is 5.92 Å². The van der Waals surface area contributed by atoms with Crippen molar-refractivity contribution in [3.8, 4) is 0 Å². The van der Waals surface area contributed by atoms with E-state index in [1.165, 1.54) is 6.92 Å². The van der Waals surface area contributed by atoms with E-state index in [0.29, 0.717) is 12.0 Å². The topological polar surface area (TPSA) is 3.24 Å². The molecule has 16 heavy (non-hydrogen) atoms. The summed E-state index contributed by atoms with van der Waals surface area (Å²) in [7, 11) is 2.11. The van der Waals surface area contributed by atoms with Gasteiger partial charge in [0.2, 0.25) is 0 Å². The van der Waals surface area contributed by atoms with Crippen LogP contribution >= 0.6 is 0 Å². The van der Waals surface area contributed by atoms with Gasteiger partial charge in [0.15, 0.2) is 0 Å². The molecule has 98 valence electrons. The van der Waals surface area contributed by atoms with Crippen molar-refractivity contribution in [2.75, 3.05) is 13.6 Å². The predicted octanol–water partition coefficient (Wildman–Crippen LogP) is 4.64. The molecule has 0 saturated heterocycles. The molecule has 0 aliphatic heterocycles. The lowest BCUT2D eigenvalue weighted by atomic mass is 9.95. The van der Waals surface area contributed by atoms with Crippen molar-refractivity contribution in [1.29, 1.82) is 0 Å². The predicted molar refractivity (Wildman–Crippen MR) is 72.4 cm³/mol. The molecule has 0 fully saturated rings. The maximum atomic E-state index is 12.6. The molecule has 0 saturated carbocycles. The third-order valence-corrected chi connectivity index (χ3v) is 3.01. The number of allylic oxidation sites excluding steroid dienone is 1. The molecule has 0 spiro atoms. The van der Waals surface area contributed by atoms with Crippen molar-refractivity contribution >= 4 is 0 Å². The average molecular weight is 231 g/mol. The third kappa shape index (κ3) is 7.86. The zero-order valence-electron chi connectivity index (χ0n) is 12.2. The number of rotatable bonds is 6. The molecule has 0 heterocycles. The van der Waals surface area contributed by atoms with Crippen LogP contribution in [0.2, 0.25) is 0 Å². The van der Waals surface area contributed by atoms with Crippen LogP contribution < -0.4 is 0 Å². The van der Waals surface area contributed by atoms with Gasteiger partial charge in [-0.15, -0.1) is 0 Å². The summed E-state index contributed by atoms with van der Waals surface area (Å²) in [6.07, 6.45) is 3.67. The van der Waals surface area contributed by atoms with Crippen molar-refractivity contribution < 1.29 is 4.39 Å². The molecular formula is C14H30FN. The highest BCUT2D eigenvalue weighted by Gasteiger charge is 2.18. The van der Waals surface area contributed by atoms with Crippen LogP contribution in [-0.4, -0.2) is 24.5 Å². The first-order chi connectivity index (χ1) is 7.52. The van der Waals surface area contributed by atoms with Gasteiger partial charge < -0.3 is 4.90 Å². The van der Waals surface area contributed by atoms with E-state index in [9.17, 15) is 4.39 Å². The van der Waals surface area contributed by atoms with Gasteiger partial charge in [-0.25, -0.2) is 4.39 Å². The second kappa shape index (κ2) is 11.1. The first kappa shape index (κ1) is 18.0. The largest absolute Gasteiger partial charge is 0.303 e. The second-order valence-corrected chi connectivity index (χ2v) is 4.05. The van der Waals surface area contributed by atoms with Crippen LogP contribution in [0.15, 0.2) is 11.9 Å². The van der Waals surface area contributed by atoms with E-state index in [2.05, 4.69) is 32.7 Å². The maximum Gasteiger partial charge on any atom is 0.0929 e. The first-order valence-corrected chi connectivity index (χ1v) is 6.55. The Morgan fingerprint density at radius 3 is 2.12 bits per heavy atom. The van der Waals surface area contributed by atoms with Crippen LogP contribution in [0.4, 0.5) is 4.39 Å². The van der Waals surface area contributed by atoms with E-state index in [4.69, 9.17) is 0 Å². The lowest BCUT2D eigenvalue weighted by Gasteiger charge is -2.30. The molecule has 0 aliphatic rings. The van der Waals surface area contributed by atoms with Crippen LogP contribution in [0.3, 0.4) is 0 Å². The van der Waals surface area contributed by atoms with Gasteiger partial charge in [0.05, 0.1) is 5.83 Å². The van der Waals surface area contributed by atoms with E-state index < -0.39 is 0 Å². The molecule has 2 atom stereocenters. The lowest BCUT2D eigenvalue weighted by Crippen LogP contribution is -2.36. The van der Waals surface area contributed by atoms with E-state index in [-0.39, 0.29) is 5.83 Å². The Labute approximate surface area is 102 Å². The Morgan fingerprint density at radius 2 is 1.81 bits per heavy atom. The van der Waals surface area contributed by atoms with Gasteiger partial charge in [0.1, 0.15) is 0 Å². The van der Waals surface area contributed by atoms with Gasteiger partial charge >= 0.3 is 0 Å². The first-order valence-electron chi connectivity index (χ1n) is 6.55. The van der Waals surface area contributed by atoms with Crippen molar-refractivity contribution in [3.05, 3.63) is 11.9 Å². The van der Waals surface area contributed by atoms with Gasteiger partial charge in [0, 0.05) is 6.04 Å². The summed E-state index contributed by atoms with van der Waals surface area (Å²) in [5.74, 6) is 0.554. The third-order valence-electron chi connectivity index (χ3n) is 3.01. The maximum absolute atomic E-state index is 12.6. The molecule has 1 nitrogen and oxygen atoms in total. The Balaban J connectivity index is 0. The van der Waals surface area contributed by atoms with E-state index >= 15 is 0 Å². The molecule has 0 aromatic carbocycles. The van der Waals surface area contributed by atoms with Gasteiger partial charge in [-0.3, -0.25) is 0 Å². The minimum atomic E-state index is -0.0668. The zero-order chi connectivity index (χ0) is 13.1. The van der Waals surface area contributed by atoms with Gasteiger partial charge in [-0.2, -0.15) is 0 Å². The fourth-order valence-corrected chi connectivity index (χ4v) is 1.64. The molecule has 0 N–H and O–H groups in total. The molecule has 0 rings (SSSR count). The number of halogens is 1. The monoisotopic (exact) mass is 231 g/mol. The Morgan fingerprint density at radius 1 is 1.31 bits per heavy atom. The summed E-state index contributed by atoms with van der Waals surface area (Å²) in [5, 5.41) is 0. The summed E-state index contributed by atoms with van der Waals surface area (Å²) >= 11 is 0. The highest BCUT2D eigenvalue weighted by atomic mass is 19.1. The van der Waals surface area contributed by atoms with Gasteiger partial charge in [-0.05, 0) is 32.9 Å². The van der Waals surface area contributed by atoms with E-state index in [0.717, 1.165) is 19.4 Å². The quantitative estimate of drug-likeness (QED) is 0.643. The fraction of sp³-hybridized carbons (Fsp3) is 0.857. The van der Waals surface area contributed by atoms with E-state index in [1.54, 1.807) is 6.08 Å². The molecule has 2 unspecified atom stereocenters. The van der Waals surface area contributed by atoms with Crippen LogP contribution in [0.1, 0.15) is 54.4 Å². The van der Waals surface area contributed by atoms with Crippen LogP contribution in [-0.2, 0) is 0 Å². The summed E-state index contributed by atoms with van der Waals surface area (Å²) in [5.41, 5.74) is 0. The molecule has 0 radical (unpaired) electrons. The number of nitrogens with zero attached hydrogens (tertiary/aromatic N) is 1. The molecule has 0 aliphatic carbocycles. The van der Waals surface area contributed by atoms with Crippen LogP contribution in [0.25, 0.3) is 0 Å². The highest BCUT2D eigenvalue weighted by molar-refractivity contribution is 4.91. The van der Waals surface area contributed by atoms with Crippen LogP contribution in [0.5, 0.6) is 0 Å². The average Bonchev–Trinajstić information content (AvgIpc) is 2.30. The Bertz CT molecular complexity index is 164. The van der Waals surface area contributed by atoms with Crippen molar-refractivity contribution in [1.82, 2.24) is 4.90 Å². The fourth-order valence-electron chi connectivity index (χ4n) is 1.64.